The summed E-state index contributed by atoms with van der Waals surface area (Å²) in [4.78, 5) is 45.7. The average molecular weight is 609 g/mol. The van der Waals surface area contributed by atoms with E-state index < -0.39 is 30.0 Å². The van der Waals surface area contributed by atoms with Crippen LogP contribution in [0.15, 0.2) is 82.9 Å². The van der Waals surface area contributed by atoms with E-state index >= 15 is 0 Å². The molecule has 0 aromatic rings. The van der Waals surface area contributed by atoms with Gasteiger partial charge in [0.05, 0.1) is 18.7 Å². The third-order valence-electron chi connectivity index (χ3n) is 6.55. The van der Waals surface area contributed by atoms with Crippen LogP contribution < -0.4 is 21.3 Å². The molecule has 2 heterocycles. The van der Waals surface area contributed by atoms with Gasteiger partial charge in [-0.3, -0.25) is 35.3 Å². The van der Waals surface area contributed by atoms with Gasteiger partial charge in [-0.1, -0.05) is 87.3 Å². The van der Waals surface area contributed by atoms with Gasteiger partial charge in [-0.2, -0.15) is 4.99 Å². The highest BCUT2D eigenvalue weighted by atomic mass is 16.3. The lowest BCUT2D eigenvalue weighted by molar-refractivity contribution is -0.127. The Morgan fingerprint density at radius 2 is 1.43 bits per heavy atom. The zero-order chi connectivity index (χ0) is 31.3. The Labute approximate surface area is 263 Å². The van der Waals surface area contributed by atoms with Crippen LogP contribution in [0.5, 0.6) is 0 Å². The van der Waals surface area contributed by atoms with Crippen molar-refractivity contribution in [2.45, 2.75) is 104 Å². The smallest absolute Gasteiger partial charge is 0.251 e. The fraction of sp³-hybridized carbons (Fsp3) is 0.500. The zero-order valence-corrected chi connectivity index (χ0v) is 25.7. The average Bonchev–Trinajstić information content (AvgIpc) is 2.98. The summed E-state index contributed by atoms with van der Waals surface area (Å²) in [5.74, 6) is -0.985. The second-order valence-electron chi connectivity index (χ2n) is 10.3. The molecule has 2 aliphatic rings. The van der Waals surface area contributed by atoms with Crippen LogP contribution >= 0.6 is 0 Å². The standard InChI is InChI=1S/C33H48N6O4.CH4/c1-4-5-6-7-8-9-10-11-12-13-14-15-16-17-18-19-20-21-22-23-28(41)35-25(2)31(42)38-33-37-30-29(32(43)39-33)36-27(24-34-30)26(3)40;/h5-6,8-9,11-12,14-15,17-18,20-21,25-27,29,36,40H,4,7,10,13,16,19,22-24H2,1-3H3,(H,35,41)(H2,34,37,38,39,42,43);1H4/b6-5-,9-8-,12-11-,15-14-,18-17-,21-20-;. The molecule has 0 fully saturated rings. The van der Waals surface area contributed by atoms with Crippen LogP contribution in [-0.2, 0) is 14.4 Å². The first-order valence-corrected chi connectivity index (χ1v) is 15.2. The number of guanidine groups is 1. The highest BCUT2D eigenvalue weighted by molar-refractivity contribution is 6.22. The number of fused-ring (bicyclic) bond motifs is 1. The molecule has 0 saturated heterocycles. The van der Waals surface area contributed by atoms with Gasteiger partial charge in [-0.05, 0) is 58.8 Å². The maximum atomic E-state index is 12.5. The first-order chi connectivity index (χ1) is 20.8. The number of hydrogen-bond acceptors (Lipinski definition) is 7. The van der Waals surface area contributed by atoms with E-state index in [1.165, 1.54) is 0 Å². The van der Waals surface area contributed by atoms with Crippen molar-refractivity contribution in [2.24, 2.45) is 9.98 Å². The summed E-state index contributed by atoms with van der Waals surface area (Å²) < 4.78 is 0. The SMILES string of the molecule is C.CC/C=C\C/C=C\C/C=C\C/C=C\C/C=C\C/C=C\CCC(=O)NC(C)C(=O)NC1=NC2=NCC(C(C)O)NC2C(=O)N1. The van der Waals surface area contributed by atoms with Gasteiger partial charge in [0.25, 0.3) is 5.91 Å². The quantitative estimate of drug-likeness (QED) is 0.156. The Bertz CT molecular complexity index is 1150. The molecule has 0 aromatic heterocycles. The minimum atomic E-state index is -0.818. The highest BCUT2D eigenvalue weighted by Crippen LogP contribution is 2.09. The fourth-order valence-electron chi connectivity index (χ4n) is 4.06. The number of rotatable bonds is 17. The van der Waals surface area contributed by atoms with Crippen molar-refractivity contribution < 1.29 is 19.5 Å². The number of nitrogens with zero attached hydrogens (tertiary/aromatic N) is 2. The lowest BCUT2D eigenvalue weighted by atomic mass is 10.1. The summed E-state index contributed by atoms with van der Waals surface area (Å²) in [6.07, 6.45) is 31.4. The molecule has 0 spiro atoms. The molecule has 10 nitrogen and oxygen atoms in total. The van der Waals surface area contributed by atoms with E-state index in [4.69, 9.17) is 0 Å². The monoisotopic (exact) mass is 608 g/mol. The van der Waals surface area contributed by atoms with Gasteiger partial charge in [0.15, 0.2) is 5.84 Å². The van der Waals surface area contributed by atoms with Crippen LogP contribution in [0.4, 0.5) is 0 Å². The third kappa shape index (κ3) is 15.5. The zero-order valence-electron chi connectivity index (χ0n) is 25.7. The Balaban J connectivity index is 0.00000968. The van der Waals surface area contributed by atoms with E-state index in [0.717, 1.165) is 38.5 Å². The van der Waals surface area contributed by atoms with Crippen LogP contribution in [-0.4, -0.2) is 65.4 Å². The molecule has 44 heavy (non-hydrogen) atoms. The number of aliphatic hydroxyl groups is 1. The molecule has 5 N–H and O–H groups in total. The maximum Gasteiger partial charge on any atom is 0.251 e. The van der Waals surface area contributed by atoms with Gasteiger partial charge in [0.1, 0.15) is 12.1 Å². The van der Waals surface area contributed by atoms with Crippen LogP contribution in [0.1, 0.15) is 79.6 Å². The van der Waals surface area contributed by atoms with Gasteiger partial charge in [-0.25, -0.2) is 0 Å². The predicted octanol–water partition coefficient (Wildman–Crippen LogP) is 4.33. The second kappa shape index (κ2) is 22.6. The summed E-state index contributed by atoms with van der Waals surface area (Å²) in [6, 6.07) is -1.96. The van der Waals surface area contributed by atoms with Gasteiger partial charge < -0.3 is 10.4 Å². The molecule has 0 aliphatic carbocycles. The van der Waals surface area contributed by atoms with E-state index in [-0.39, 0.29) is 44.1 Å². The Kier molecular flexibility index (Phi) is 19.6. The number of aliphatic hydroxyl groups excluding tert-OH is 1. The first kappa shape index (κ1) is 38.1. The van der Waals surface area contributed by atoms with Gasteiger partial charge >= 0.3 is 0 Å². The minimum absolute atomic E-state index is 0. The Morgan fingerprint density at radius 3 is 1.95 bits per heavy atom. The van der Waals surface area contributed by atoms with E-state index in [1.54, 1.807) is 13.8 Å². The molecule has 242 valence electrons. The number of carbonyl (C=O) groups excluding carboxylic acids is 3. The van der Waals surface area contributed by atoms with Crippen LogP contribution in [0.25, 0.3) is 0 Å². The van der Waals surface area contributed by atoms with Crippen molar-refractivity contribution in [3.63, 3.8) is 0 Å². The van der Waals surface area contributed by atoms with E-state index in [2.05, 4.69) is 98.9 Å². The lowest BCUT2D eigenvalue weighted by Crippen LogP contribution is -2.64. The van der Waals surface area contributed by atoms with Crippen molar-refractivity contribution in [1.29, 1.82) is 0 Å². The summed E-state index contributed by atoms with van der Waals surface area (Å²) in [5, 5.41) is 20.4. The van der Waals surface area contributed by atoms with Crippen LogP contribution in [0, 0.1) is 0 Å². The molecular formula is C34H52N6O4. The number of carbonyl (C=O) groups is 3. The van der Waals surface area contributed by atoms with Crippen LogP contribution in [0.2, 0.25) is 0 Å². The highest BCUT2D eigenvalue weighted by Gasteiger charge is 2.36. The third-order valence-corrected chi connectivity index (χ3v) is 6.55. The molecule has 0 saturated carbocycles. The number of aliphatic imine (C=N–C) groups is 2. The maximum absolute atomic E-state index is 12.5. The lowest BCUT2D eigenvalue weighted by Gasteiger charge is -2.32. The van der Waals surface area contributed by atoms with Crippen molar-refractivity contribution >= 4 is 29.5 Å². The number of allylic oxidation sites excluding steroid dienone is 12. The van der Waals surface area contributed by atoms with Gasteiger partial charge in [0, 0.05) is 6.42 Å². The number of amides is 3. The molecule has 2 rings (SSSR count). The summed E-state index contributed by atoms with van der Waals surface area (Å²) >= 11 is 0. The van der Waals surface area contributed by atoms with Crippen molar-refractivity contribution in [3.05, 3.63) is 72.9 Å². The Hall–Kier alpha value is -3.89. The molecule has 0 radical (unpaired) electrons. The van der Waals surface area contributed by atoms with E-state index in [9.17, 15) is 19.5 Å². The number of hydrogen-bond donors (Lipinski definition) is 5. The molecule has 4 unspecified atom stereocenters. The van der Waals surface area contributed by atoms with Crippen LogP contribution in [0.3, 0.4) is 0 Å². The van der Waals surface area contributed by atoms with Gasteiger partial charge in [0.2, 0.25) is 17.8 Å². The van der Waals surface area contributed by atoms with Gasteiger partial charge in [-0.15, -0.1) is 0 Å². The van der Waals surface area contributed by atoms with E-state index in [0.29, 0.717) is 6.42 Å². The topological polar surface area (TPSA) is 144 Å². The fourth-order valence-corrected chi connectivity index (χ4v) is 4.06. The molecule has 4 atom stereocenters. The first-order valence-electron chi connectivity index (χ1n) is 15.2. The summed E-state index contributed by atoms with van der Waals surface area (Å²) in [6.45, 7) is 5.59. The van der Waals surface area contributed by atoms with Crippen molar-refractivity contribution in [3.8, 4) is 0 Å². The molecule has 10 heteroatoms. The Morgan fingerprint density at radius 1 is 0.909 bits per heavy atom. The molecule has 2 aliphatic heterocycles. The second-order valence-corrected chi connectivity index (χ2v) is 10.3. The van der Waals surface area contributed by atoms with Crippen molar-refractivity contribution in [1.82, 2.24) is 21.3 Å². The predicted molar refractivity (Wildman–Crippen MR) is 180 cm³/mol. The summed E-state index contributed by atoms with van der Waals surface area (Å²) in [5.41, 5.74) is 0. The largest absolute Gasteiger partial charge is 0.392 e. The van der Waals surface area contributed by atoms with E-state index in [1.807, 2.05) is 12.2 Å². The molecule has 3 amide bonds. The normalized spacial score (nSPS) is 20.1. The number of nitrogens with one attached hydrogen (secondary N) is 4. The number of amidine groups is 1. The molecular weight excluding hydrogens is 556 g/mol. The molecule has 0 bridgehead atoms. The minimum Gasteiger partial charge on any atom is -0.392 e. The summed E-state index contributed by atoms with van der Waals surface area (Å²) in [7, 11) is 0. The van der Waals surface area contributed by atoms with Crippen molar-refractivity contribution in [2.75, 3.05) is 6.54 Å². The molecule has 0 aromatic carbocycles.